The van der Waals surface area contributed by atoms with E-state index < -0.39 is 11.9 Å². The maximum atomic E-state index is 13.1. The van der Waals surface area contributed by atoms with E-state index in [4.69, 9.17) is 0 Å². The second-order valence-corrected chi connectivity index (χ2v) is 8.32. The Kier molecular flexibility index (Phi) is 4.73. The first-order chi connectivity index (χ1) is 14.2. The summed E-state index contributed by atoms with van der Waals surface area (Å²) in [5.41, 5.74) is 5.07. The van der Waals surface area contributed by atoms with Gasteiger partial charge in [-0.3, -0.25) is 9.69 Å². The Balaban J connectivity index is 1.60. The number of hydrogen-bond acceptors (Lipinski definition) is 3. The van der Waals surface area contributed by atoms with Gasteiger partial charge in [0.15, 0.2) is 0 Å². The summed E-state index contributed by atoms with van der Waals surface area (Å²) in [4.78, 5) is 28.4. The van der Waals surface area contributed by atoms with Gasteiger partial charge in [-0.25, -0.2) is 9.18 Å². The number of imide groups is 1. The van der Waals surface area contributed by atoms with Crippen LogP contribution >= 0.6 is 0 Å². The molecule has 2 aromatic carbocycles. The molecule has 6 heteroatoms. The fourth-order valence-corrected chi connectivity index (χ4v) is 3.92. The highest BCUT2D eigenvalue weighted by atomic mass is 19.1. The van der Waals surface area contributed by atoms with Gasteiger partial charge in [0.2, 0.25) is 0 Å². The quantitative estimate of drug-likeness (QED) is 0.602. The molecule has 0 bridgehead atoms. The molecular weight excluding hydrogens is 381 g/mol. The standard InChI is InChI=1S/C24H24FN3O2/c1-15-13-24(2,3)27(4)21-10-7-17(11-19(15)21)12-20-22(29)28(23(30)26-20)14-16-5-8-18(25)9-6-16/h5-13H,14H2,1-4H3,(H,26,30)/b20-12+. The molecule has 2 aromatic rings. The monoisotopic (exact) mass is 405 g/mol. The molecule has 30 heavy (non-hydrogen) atoms. The summed E-state index contributed by atoms with van der Waals surface area (Å²) in [6.45, 7) is 6.50. The third-order valence-corrected chi connectivity index (χ3v) is 5.77. The van der Waals surface area contributed by atoms with Crippen LogP contribution in [0.25, 0.3) is 11.6 Å². The molecule has 154 valence electrons. The van der Waals surface area contributed by atoms with Crippen LogP contribution in [0.4, 0.5) is 14.9 Å². The van der Waals surface area contributed by atoms with E-state index in [1.807, 2.05) is 18.2 Å². The van der Waals surface area contributed by atoms with Crippen molar-refractivity contribution < 1.29 is 14.0 Å². The molecule has 1 fully saturated rings. The van der Waals surface area contributed by atoms with Crippen LogP contribution in [0.5, 0.6) is 0 Å². The van der Waals surface area contributed by atoms with Crippen molar-refractivity contribution in [2.24, 2.45) is 0 Å². The molecule has 5 nitrogen and oxygen atoms in total. The summed E-state index contributed by atoms with van der Waals surface area (Å²) >= 11 is 0. The van der Waals surface area contributed by atoms with Crippen LogP contribution in [0.3, 0.4) is 0 Å². The molecule has 2 aliphatic heterocycles. The topological polar surface area (TPSA) is 52.7 Å². The Bertz CT molecular complexity index is 1100. The van der Waals surface area contributed by atoms with Crippen molar-refractivity contribution >= 4 is 29.3 Å². The molecule has 0 saturated carbocycles. The van der Waals surface area contributed by atoms with E-state index in [1.165, 1.54) is 17.7 Å². The van der Waals surface area contributed by atoms with Crippen LogP contribution in [0.1, 0.15) is 37.5 Å². The lowest BCUT2D eigenvalue weighted by molar-refractivity contribution is -0.123. The van der Waals surface area contributed by atoms with Gasteiger partial charge in [0.25, 0.3) is 5.91 Å². The maximum Gasteiger partial charge on any atom is 0.329 e. The molecule has 0 aliphatic carbocycles. The number of nitrogens with one attached hydrogen (secondary N) is 1. The van der Waals surface area contributed by atoms with Gasteiger partial charge in [-0.2, -0.15) is 0 Å². The molecule has 1 saturated heterocycles. The van der Waals surface area contributed by atoms with Gasteiger partial charge in [-0.15, -0.1) is 0 Å². The Morgan fingerprint density at radius 2 is 1.80 bits per heavy atom. The Labute approximate surface area is 175 Å². The van der Waals surface area contributed by atoms with Crippen LogP contribution in [-0.2, 0) is 11.3 Å². The Morgan fingerprint density at radius 3 is 2.50 bits per heavy atom. The minimum atomic E-state index is -0.480. The van der Waals surface area contributed by atoms with Gasteiger partial charge < -0.3 is 10.2 Å². The summed E-state index contributed by atoms with van der Waals surface area (Å²) in [6, 6.07) is 11.3. The van der Waals surface area contributed by atoms with E-state index in [2.05, 4.69) is 44.1 Å². The lowest BCUT2D eigenvalue weighted by atomic mass is 9.88. The van der Waals surface area contributed by atoms with Crippen molar-refractivity contribution in [2.75, 3.05) is 11.9 Å². The number of benzene rings is 2. The highest BCUT2D eigenvalue weighted by Gasteiger charge is 2.34. The van der Waals surface area contributed by atoms with E-state index in [0.29, 0.717) is 5.56 Å². The molecule has 2 heterocycles. The van der Waals surface area contributed by atoms with Crippen LogP contribution in [0.15, 0.2) is 54.2 Å². The zero-order valence-corrected chi connectivity index (χ0v) is 17.5. The zero-order chi connectivity index (χ0) is 21.6. The van der Waals surface area contributed by atoms with Gasteiger partial charge in [0.05, 0.1) is 12.1 Å². The van der Waals surface area contributed by atoms with Crippen molar-refractivity contribution in [3.8, 4) is 0 Å². The Morgan fingerprint density at radius 1 is 1.10 bits per heavy atom. The van der Waals surface area contributed by atoms with Crippen LogP contribution in [0.2, 0.25) is 0 Å². The number of halogens is 1. The molecule has 4 rings (SSSR count). The van der Waals surface area contributed by atoms with E-state index in [1.54, 1.807) is 18.2 Å². The highest BCUT2D eigenvalue weighted by molar-refractivity contribution is 6.14. The molecule has 3 amide bonds. The number of amides is 3. The van der Waals surface area contributed by atoms with Crippen LogP contribution in [0, 0.1) is 5.82 Å². The third kappa shape index (κ3) is 3.49. The van der Waals surface area contributed by atoms with Crippen molar-refractivity contribution in [3.63, 3.8) is 0 Å². The van der Waals surface area contributed by atoms with Crippen molar-refractivity contribution in [3.05, 3.63) is 76.7 Å². The molecule has 1 N–H and O–H groups in total. The first-order valence-electron chi connectivity index (χ1n) is 9.82. The molecule has 2 aliphatic rings. The van der Waals surface area contributed by atoms with Crippen molar-refractivity contribution in [1.82, 2.24) is 10.2 Å². The molecule has 0 atom stereocenters. The number of allylic oxidation sites excluding steroid dienone is 1. The van der Waals surface area contributed by atoms with Gasteiger partial charge in [-0.1, -0.05) is 24.3 Å². The number of nitrogens with zero attached hydrogens (tertiary/aromatic N) is 2. The largest absolute Gasteiger partial charge is 0.366 e. The number of rotatable bonds is 3. The minimum Gasteiger partial charge on any atom is -0.366 e. The molecular formula is C24H24FN3O2. The number of likely N-dealkylation sites (N-methyl/N-ethyl adjacent to an activating group) is 1. The fourth-order valence-electron chi connectivity index (χ4n) is 3.92. The second-order valence-electron chi connectivity index (χ2n) is 8.32. The molecule has 0 aromatic heterocycles. The van der Waals surface area contributed by atoms with Gasteiger partial charge in [-0.05, 0) is 67.8 Å². The van der Waals surface area contributed by atoms with Crippen molar-refractivity contribution in [1.29, 1.82) is 0 Å². The minimum absolute atomic E-state index is 0.0761. The van der Waals surface area contributed by atoms with Crippen LogP contribution in [-0.4, -0.2) is 29.4 Å². The van der Waals surface area contributed by atoms with E-state index in [0.717, 1.165) is 21.7 Å². The normalized spacial score (nSPS) is 19.1. The number of anilines is 1. The highest BCUT2D eigenvalue weighted by Crippen LogP contribution is 2.38. The summed E-state index contributed by atoms with van der Waals surface area (Å²) < 4.78 is 13.1. The smallest absolute Gasteiger partial charge is 0.329 e. The molecule has 0 radical (unpaired) electrons. The first-order valence-corrected chi connectivity index (χ1v) is 9.82. The average molecular weight is 405 g/mol. The van der Waals surface area contributed by atoms with Gasteiger partial charge >= 0.3 is 6.03 Å². The van der Waals surface area contributed by atoms with E-state index in [9.17, 15) is 14.0 Å². The molecule has 0 spiro atoms. The summed E-state index contributed by atoms with van der Waals surface area (Å²) in [5.74, 6) is -0.755. The third-order valence-electron chi connectivity index (χ3n) is 5.77. The van der Waals surface area contributed by atoms with Gasteiger partial charge in [0, 0.05) is 18.3 Å². The van der Waals surface area contributed by atoms with Gasteiger partial charge in [0.1, 0.15) is 11.5 Å². The summed E-state index contributed by atoms with van der Waals surface area (Å²) in [5, 5.41) is 2.65. The summed E-state index contributed by atoms with van der Waals surface area (Å²) in [6.07, 6.45) is 3.91. The lowest BCUT2D eigenvalue weighted by Gasteiger charge is -2.40. The Hall–Kier alpha value is -3.41. The maximum absolute atomic E-state index is 13.1. The number of urea groups is 1. The molecule has 0 unspecified atom stereocenters. The van der Waals surface area contributed by atoms with Crippen LogP contribution < -0.4 is 10.2 Å². The van der Waals surface area contributed by atoms with Crippen molar-refractivity contribution in [2.45, 2.75) is 32.9 Å². The zero-order valence-electron chi connectivity index (χ0n) is 17.5. The average Bonchev–Trinajstić information content (AvgIpc) is 2.95. The lowest BCUT2D eigenvalue weighted by Crippen LogP contribution is -2.42. The SMILES string of the molecule is CC1=CC(C)(C)N(C)c2ccc(/C=C3/NC(=O)N(Cc4ccc(F)cc4)C3=O)cc21. The fraction of sp³-hybridized carbons (Fsp3) is 0.250. The number of fused-ring (bicyclic) bond motifs is 1. The first kappa shape index (κ1) is 19.9. The van der Waals surface area contributed by atoms with E-state index >= 15 is 0 Å². The number of carbonyl (C=O) groups is 2. The van der Waals surface area contributed by atoms with E-state index in [-0.39, 0.29) is 23.6 Å². The second kappa shape index (κ2) is 7.13. The summed E-state index contributed by atoms with van der Waals surface area (Å²) in [7, 11) is 2.06. The number of carbonyl (C=O) groups excluding carboxylic acids is 2. The predicted octanol–water partition coefficient (Wildman–Crippen LogP) is 4.55. The predicted molar refractivity (Wildman–Crippen MR) is 116 cm³/mol. The number of hydrogen-bond donors (Lipinski definition) is 1.